The van der Waals surface area contributed by atoms with E-state index < -0.39 is 0 Å². The minimum atomic E-state index is -0.264. The van der Waals surface area contributed by atoms with Crippen LogP contribution in [-0.2, 0) is 0 Å². The molecule has 0 aromatic carbocycles. The molecule has 23 heavy (non-hydrogen) atoms. The van der Waals surface area contributed by atoms with Crippen LogP contribution in [0.25, 0.3) is 0 Å². The Morgan fingerprint density at radius 3 is 2.78 bits per heavy atom. The molecule has 3 rings (SSSR count). The van der Waals surface area contributed by atoms with Crippen LogP contribution in [-0.4, -0.2) is 24.1 Å². The number of hydrogen-bond donors (Lipinski definition) is 2. The molecule has 0 aliphatic carbocycles. The van der Waals surface area contributed by atoms with Crippen molar-refractivity contribution in [3.63, 3.8) is 0 Å². The maximum Gasteiger partial charge on any atom is 0.319 e. The molecule has 6 nitrogen and oxygen atoms in total. The fourth-order valence-electron chi connectivity index (χ4n) is 2.79. The van der Waals surface area contributed by atoms with Crippen molar-refractivity contribution in [2.45, 2.75) is 32.7 Å². The zero-order chi connectivity index (χ0) is 16.2. The Bertz CT molecular complexity index is 677. The highest BCUT2D eigenvalue weighted by atomic mass is 16.3. The molecule has 1 atom stereocenters. The first-order valence-electron chi connectivity index (χ1n) is 7.97. The lowest BCUT2D eigenvalue weighted by Gasteiger charge is -2.20. The standard InChI is InChI=1S/C17H22N4O2/c1-12-7-8-15(23-12)13(2)19-17(22)20-14-6-5-9-18-16(14)21-10-3-4-11-21/h5-9,13H,3-4,10-11H2,1-2H3,(H2,19,20,22). The van der Waals surface area contributed by atoms with Crippen LogP contribution < -0.4 is 15.5 Å². The molecule has 1 aliphatic rings. The molecule has 1 unspecified atom stereocenters. The van der Waals surface area contributed by atoms with Crippen LogP contribution in [0, 0.1) is 6.92 Å². The molecule has 122 valence electrons. The average Bonchev–Trinajstić information content (AvgIpc) is 3.19. The number of furan rings is 1. The normalized spacial score (nSPS) is 15.5. The van der Waals surface area contributed by atoms with Crippen molar-refractivity contribution in [1.29, 1.82) is 0 Å². The summed E-state index contributed by atoms with van der Waals surface area (Å²) in [5, 5.41) is 5.78. The van der Waals surface area contributed by atoms with Gasteiger partial charge in [0.1, 0.15) is 11.5 Å². The van der Waals surface area contributed by atoms with Gasteiger partial charge in [0.25, 0.3) is 0 Å². The first-order valence-corrected chi connectivity index (χ1v) is 7.97. The molecule has 1 fully saturated rings. The number of hydrogen-bond acceptors (Lipinski definition) is 4. The lowest BCUT2D eigenvalue weighted by molar-refractivity contribution is 0.247. The molecule has 2 aromatic heterocycles. The molecule has 3 heterocycles. The van der Waals surface area contributed by atoms with E-state index in [-0.39, 0.29) is 12.1 Å². The van der Waals surface area contributed by atoms with Gasteiger partial charge in [0.05, 0.1) is 11.7 Å². The Kier molecular flexibility index (Phi) is 4.50. The number of carbonyl (C=O) groups excluding carboxylic acids is 1. The number of aryl methyl sites for hydroxylation is 1. The zero-order valence-electron chi connectivity index (χ0n) is 13.5. The van der Waals surface area contributed by atoms with Crippen molar-refractivity contribution in [3.8, 4) is 0 Å². The Morgan fingerprint density at radius 1 is 1.30 bits per heavy atom. The van der Waals surface area contributed by atoms with Gasteiger partial charge in [-0.05, 0) is 51.0 Å². The first-order chi connectivity index (χ1) is 11.1. The van der Waals surface area contributed by atoms with Gasteiger partial charge in [-0.25, -0.2) is 9.78 Å². The van der Waals surface area contributed by atoms with Crippen molar-refractivity contribution in [1.82, 2.24) is 10.3 Å². The van der Waals surface area contributed by atoms with Crippen LogP contribution in [0.5, 0.6) is 0 Å². The zero-order valence-corrected chi connectivity index (χ0v) is 13.5. The molecule has 0 radical (unpaired) electrons. The number of pyridine rings is 1. The van der Waals surface area contributed by atoms with Gasteiger partial charge in [-0.1, -0.05) is 0 Å². The predicted molar refractivity (Wildman–Crippen MR) is 89.7 cm³/mol. The highest BCUT2D eigenvalue weighted by molar-refractivity contribution is 5.92. The summed E-state index contributed by atoms with van der Waals surface area (Å²) >= 11 is 0. The van der Waals surface area contributed by atoms with E-state index in [1.165, 1.54) is 0 Å². The van der Waals surface area contributed by atoms with E-state index in [9.17, 15) is 4.79 Å². The van der Waals surface area contributed by atoms with Crippen LogP contribution in [0.4, 0.5) is 16.3 Å². The van der Waals surface area contributed by atoms with Gasteiger partial charge >= 0.3 is 6.03 Å². The van der Waals surface area contributed by atoms with Crippen molar-refractivity contribution < 1.29 is 9.21 Å². The minimum Gasteiger partial charge on any atom is -0.464 e. The SMILES string of the molecule is Cc1ccc(C(C)NC(=O)Nc2cccnc2N2CCCC2)o1. The summed E-state index contributed by atoms with van der Waals surface area (Å²) in [5.41, 5.74) is 0.731. The second-order valence-electron chi connectivity index (χ2n) is 5.84. The maximum absolute atomic E-state index is 12.3. The lowest BCUT2D eigenvalue weighted by atomic mass is 10.2. The average molecular weight is 314 g/mol. The Hall–Kier alpha value is -2.50. The number of nitrogens with zero attached hydrogens (tertiary/aromatic N) is 2. The Balaban J connectivity index is 1.66. The number of aromatic nitrogens is 1. The summed E-state index contributed by atoms with van der Waals surface area (Å²) in [6, 6.07) is 7.00. The van der Waals surface area contributed by atoms with Gasteiger partial charge in [0, 0.05) is 19.3 Å². The summed E-state index contributed by atoms with van der Waals surface area (Å²) < 4.78 is 5.54. The molecule has 2 amide bonds. The second kappa shape index (κ2) is 6.73. The third-order valence-corrected chi connectivity index (χ3v) is 3.98. The highest BCUT2D eigenvalue weighted by Gasteiger charge is 2.19. The molecular weight excluding hydrogens is 292 g/mol. The van der Waals surface area contributed by atoms with E-state index in [1.807, 2.05) is 38.1 Å². The van der Waals surface area contributed by atoms with Crippen molar-refractivity contribution >= 4 is 17.5 Å². The molecule has 6 heteroatoms. The van der Waals surface area contributed by atoms with Crippen molar-refractivity contribution in [3.05, 3.63) is 42.0 Å². The van der Waals surface area contributed by atoms with E-state index in [0.717, 1.165) is 49.0 Å². The van der Waals surface area contributed by atoms with Crippen LogP contribution in [0.1, 0.15) is 37.3 Å². The molecule has 1 aliphatic heterocycles. The Morgan fingerprint density at radius 2 is 2.09 bits per heavy atom. The first kappa shape index (κ1) is 15.4. The predicted octanol–water partition coefficient (Wildman–Crippen LogP) is 3.47. The van der Waals surface area contributed by atoms with E-state index in [4.69, 9.17) is 4.42 Å². The highest BCUT2D eigenvalue weighted by Crippen LogP contribution is 2.26. The number of carbonyl (C=O) groups is 1. The van der Waals surface area contributed by atoms with Crippen LogP contribution in [0.15, 0.2) is 34.9 Å². The maximum atomic E-state index is 12.3. The molecule has 0 bridgehead atoms. The summed E-state index contributed by atoms with van der Waals surface area (Å²) in [6.07, 6.45) is 4.08. The third-order valence-electron chi connectivity index (χ3n) is 3.98. The summed E-state index contributed by atoms with van der Waals surface area (Å²) in [4.78, 5) is 18.9. The third kappa shape index (κ3) is 3.64. The van der Waals surface area contributed by atoms with Gasteiger partial charge in [0.2, 0.25) is 0 Å². The number of rotatable bonds is 4. The second-order valence-corrected chi connectivity index (χ2v) is 5.84. The van der Waals surface area contributed by atoms with Crippen LogP contribution >= 0.6 is 0 Å². The van der Waals surface area contributed by atoms with Crippen molar-refractivity contribution in [2.24, 2.45) is 0 Å². The topological polar surface area (TPSA) is 70.4 Å². The number of urea groups is 1. The summed E-state index contributed by atoms with van der Waals surface area (Å²) in [5.74, 6) is 2.41. The molecule has 2 aromatic rings. The van der Waals surface area contributed by atoms with Gasteiger partial charge in [0.15, 0.2) is 5.82 Å². The Labute approximate surface area is 135 Å². The van der Waals surface area contributed by atoms with Gasteiger partial charge in [-0.3, -0.25) is 0 Å². The largest absolute Gasteiger partial charge is 0.464 e. The lowest BCUT2D eigenvalue weighted by Crippen LogP contribution is -2.32. The smallest absolute Gasteiger partial charge is 0.319 e. The minimum absolute atomic E-state index is 0.199. The monoisotopic (exact) mass is 314 g/mol. The molecule has 2 N–H and O–H groups in total. The number of nitrogens with one attached hydrogen (secondary N) is 2. The summed E-state index contributed by atoms with van der Waals surface area (Å²) in [6.45, 7) is 5.74. The quantitative estimate of drug-likeness (QED) is 0.906. The van der Waals surface area contributed by atoms with E-state index in [2.05, 4.69) is 20.5 Å². The molecule has 1 saturated heterocycles. The number of anilines is 2. The van der Waals surface area contributed by atoms with Crippen molar-refractivity contribution in [2.75, 3.05) is 23.3 Å². The molecule has 0 saturated carbocycles. The van der Waals surface area contributed by atoms with E-state index in [1.54, 1.807) is 6.20 Å². The van der Waals surface area contributed by atoms with Gasteiger partial charge < -0.3 is 20.0 Å². The van der Waals surface area contributed by atoms with Crippen LogP contribution in [0.3, 0.4) is 0 Å². The van der Waals surface area contributed by atoms with E-state index >= 15 is 0 Å². The van der Waals surface area contributed by atoms with Crippen LogP contribution in [0.2, 0.25) is 0 Å². The fraction of sp³-hybridized carbons (Fsp3) is 0.412. The summed E-state index contributed by atoms with van der Waals surface area (Å²) in [7, 11) is 0. The molecular formula is C17H22N4O2. The van der Waals surface area contributed by atoms with Gasteiger partial charge in [-0.2, -0.15) is 0 Å². The number of amides is 2. The fourth-order valence-corrected chi connectivity index (χ4v) is 2.79. The van der Waals surface area contributed by atoms with Gasteiger partial charge in [-0.15, -0.1) is 0 Å². The molecule has 0 spiro atoms. The van der Waals surface area contributed by atoms with E-state index in [0.29, 0.717) is 0 Å².